The highest BCUT2D eigenvalue weighted by molar-refractivity contribution is 6.30. The van der Waals surface area contributed by atoms with E-state index >= 15 is 0 Å². The van der Waals surface area contributed by atoms with E-state index < -0.39 is 11.4 Å². The Morgan fingerprint density at radius 3 is 2.73 bits per heavy atom. The van der Waals surface area contributed by atoms with Crippen molar-refractivity contribution in [1.29, 1.82) is 0 Å². The Balaban J connectivity index is 2.14. The molecule has 0 radical (unpaired) electrons. The van der Waals surface area contributed by atoms with Gasteiger partial charge in [0.25, 0.3) is 0 Å². The predicted octanol–water partition coefficient (Wildman–Crippen LogP) is 2.08. The van der Waals surface area contributed by atoms with Crippen LogP contribution in [0.5, 0.6) is 0 Å². The zero-order valence-electron chi connectivity index (χ0n) is 8.09. The lowest BCUT2D eigenvalue weighted by Crippen LogP contribution is -2.34. The van der Waals surface area contributed by atoms with Gasteiger partial charge in [-0.2, -0.15) is 0 Å². The van der Waals surface area contributed by atoms with Crippen LogP contribution in [0.15, 0.2) is 18.2 Å². The van der Waals surface area contributed by atoms with Crippen molar-refractivity contribution < 1.29 is 9.18 Å². The van der Waals surface area contributed by atoms with Gasteiger partial charge in [0.1, 0.15) is 5.82 Å². The van der Waals surface area contributed by atoms with Crippen LogP contribution >= 0.6 is 11.6 Å². The molecule has 0 atom stereocenters. The minimum atomic E-state index is -0.688. The molecule has 1 saturated carbocycles. The second-order valence-corrected chi connectivity index (χ2v) is 4.43. The molecular formula is C11H11ClFNO. The summed E-state index contributed by atoms with van der Waals surface area (Å²) in [6.45, 7) is 0. The quantitative estimate of drug-likeness (QED) is 0.859. The molecule has 1 aliphatic carbocycles. The van der Waals surface area contributed by atoms with E-state index in [1.807, 2.05) is 0 Å². The van der Waals surface area contributed by atoms with Crippen molar-refractivity contribution in [3.8, 4) is 0 Å². The van der Waals surface area contributed by atoms with Gasteiger partial charge in [-0.15, -0.1) is 0 Å². The van der Waals surface area contributed by atoms with Crippen molar-refractivity contribution in [3.63, 3.8) is 0 Å². The van der Waals surface area contributed by atoms with Crippen LogP contribution < -0.4 is 5.73 Å². The molecule has 1 aromatic carbocycles. The molecule has 0 spiro atoms. The molecule has 2 N–H and O–H groups in total. The molecular weight excluding hydrogens is 217 g/mol. The first-order valence-corrected chi connectivity index (χ1v) is 5.15. The van der Waals surface area contributed by atoms with Crippen LogP contribution in [-0.2, 0) is 11.2 Å². The number of hydrogen-bond donors (Lipinski definition) is 1. The summed E-state index contributed by atoms with van der Waals surface area (Å²) in [6, 6.07) is 4.31. The Kier molecular flexibility index (Phi) is 2.52. The summed E-state index contributed by atoms with van der Waals surface area (Å²) in [5, 5.41) is 0.331. The minimum absolute atomic E-state index is 0.0551. The highest BCUT2D eigenvalue weighted by atomic mass is 35.5. The number of carbonyl (C=O) groups is 1. The van der Waals surface area contributed by atoms with Crippen LogP contribution in [0, 0.1) is 5.82 Å². The fraction of sp³-hybridized carbons (Fsp3) is 0.364. The van der Waals surface area contributed by atoms with E-state index in [4.69, 9.17) is 17.3 Å². The number of hydrogen-bond acceptors (Lipinski definition) is 2. The Bertz CT molecular complexity index is 415. The van der Waals surface area contributed by atoms with Crippen LogP contribution in [-0.4, -0.2) is 11.3 Å². The highest BCUT2D eigenvalue weighted by Gasteiger charge is 2.45. The molecule has 0 heterocycles. The average molecular weight is 228 g/mol. The molecule has 0 amide bonds. The molecule has 4 heteroatoms. The zero-order valence-corrected chi connectivity index (χ0v) is 8.85. The lowest BCUT2D eigenvalue weighted by atomic mass is 10.0. The molecule has 0 bridgehead atoms. The lowest BCUT2D eigenvalue weighted by molar-refractivity contribution is -0.120. The smallest absolute Gasteiger partial charge is 0.157 e. The van der Waals surface area contributed by atoms with Gasteiger partial charge in [-0.25, -0.2) is 4.39 Å². The van der Waals surface area contributed by atoms with E-state index in [1.165, 1.54) is 12.1 Å². The van der Waals surface area contributed by atoms with Crippen molar-refractivity contribution in [2.45, 2.75) is 24.8 Å². The first-order valence-electron chi connectivity index (χ1n) is 4.77. The molecule has 1 aliphatic rings. The molecule has 0 aromatic heterocycles. The molecule has 80 valence electrons. The summed E-state index contributed by atoms with van der Waals surface area (Å²) in [5.41, 5.74) is 5.39. The van der Waals surface area contributed by atoms with Crippen molar-refractivity contribution >= 4 is 17.4 Å². The van der Waals surface area contributed by atoms with E-state index in [-0.39, 0.29) is 12.2 Å². The maximum Gasteiger partial charge on any atom is 0.157 e. The van der Waals surface area contributed by atoms with Crippen LogP contribution in [0.1, 0.15) is 18.4 Å². The highest BCUT2D eigenvalue weighted by Crippen LogP contribution is 2.34. The fourth-order valence-corrected chi connectivity index (χ4v) is 1.59. The maximum absolute atomic E-state index is 13.3. The third kappa shape index (κ3) is 2.19. The van der Waals surface area contributed by atoms with E-state index in [1.54, 1.807) is 6.07 Å². The number of ketones is 1. The Morgan fingerprint density at radius 2 is 2.20 bits per heavy atom. The number of nitrogens with two attached hydrogens (primary N) is 1. The normalized spacial score (nSPS) is 17.5. The number of benzene rings is 1. The van der Waals surface area contributed by atoms with Crippen molar-refractivity contribution in [3.05, 3.63) is 34.6 Å². The van der Waals surface area contributed by atoms with Crippen LogP contribution in [0.3, 0.4) is 0 Å². The lowest BCUT2D eigenvalue weighted by Gasteiger charge is -2.08. The van der Waals surface area contributed by atoms with Gasteiger partial charge in [-0.3, -0.25) is 4.79 Å². The number of carbonyl (C=O) groups excluding carboxylic acids is 1. The second kappa shape index (κ2) is 3.58. The van der Waals surface area contributed by atoms with E-state index in [9.17, 15) is 9.18 Å². The zero-order chi connectivity index (χ0) is 11.1. The van der Waals surface area contributed by atoms with E-state index in [2.05, 4.69) is 0 Å². The van der Waals surface area contributed by atoms with E-state index in [0.29, 0.717) is 23.4 Å². The van der Waals surface area contributed by atoms with Crippen molar-refractivity contribution in [1.82, 2.24) is 0 Å². The molecule has 15 heavy (non-hydrogen) atoms. The summed E-state index contributed by atoms with van der Waals surface area (Å²) in [6.07, 6.45) is 1.47. The first kappa shape index (κ1) is 10.6. The maximum atomic E-state index is 13.3. The summed E-state index contributed by atoms with van der Waals surface area (Å²) < 4.78 is 13.3. The molecule has 0 aliphatic heterocycles. The third-order valence-corrected chi connectivity index (χ3v) is 2.95. The number of rotatable bonds is 3. The average Bonchev–Trinajstić information content (AvgIpc) is 2.90. The van der Waals surface area contributed by atoms with Gasteiger partial charge in [0.15, 0.2) is 5.78 Å². The van der Waals surface area contributed by atoms with Crippen LogP contribution in [0.25, 0.3) is 0 Å². The monoisotopic (exact) mass is 227 g/mol. The predicted molar refractivity (Wildman–Crippen MR) is 56.3 cm³/mol. The Labute approximate surface area is 92.2 Å². The topological polar surface area (TPSA) is 43.1 Å². The van der Waals surface area contributed by atoms with Gasteiger partial charge < -0.3 is 5.73 Å². The van der Waals surface area contributed by atoms with Crippen molar-refractivity contribution in [2.24, 2.45) is 5.73 Å². The molecule has 1 aromatic rings. The first-order chi connectivity index (χ1) is 7.01. The number of Topliss-reactive ketones (excluding diaryl/α,β-unsaturated/α-hetero) is 1. The van der Waals surface area contributed by atoms with Crippen LogP contribution in [0.2, 0.25) is 5.02 Å². The summed E-state index contributed by atoms with van der Waals surface area (Å²) in [5.74, 6) is -0.538. The van der Waals surface area contributed by atoms with E-state index in [0.717, 1.165) is 0 Å². The molecule has 0 saturated heterocycles. The van der Waals surface area contributed by atoms with Gasteiger partial charge in [0.2, 0.25) is 0 Å². The molecule has 2 rings (SSSR count). The summed E-state index contributed by atoms with van der Waals surface area (Å²) in [4.78, 5) is 11.6. The number of halogens is 2. The molecule has 0 unspecified atom stereocenters. The van der Waals surface area contributed by atoms with Gasteiger partial charge >= 0.3 is 0 Å². The Morgan fingerprint density at radius 1 is 1.53 bits per heavy atom. The third-order valence-electron chi connectivity index (χ3n) is 2.71. The Hall–Kier alpha value is -0.930. The summed E-state index contributed by atoms with van der Waals surface area (Å²) >= 11 is 5.61. The summed E-state index contributed by atoms with van der Waals surface area (Å²) in [7, 11) is 0. The van der Waals surface area contributed by atoms with Gasteiger partial charge in [0, 0.05) is 11.4 Å². The van der Waals surface area contributed by atoms with Crippen molar-refractivity contribution in [2.75, 3.05) is 0 Å². The minimum Gasteiger partial charge on any atom is -0.319 e. The van der Waals surface area contributed by atoms with Gasteiger partial charge in [-0.05, 0) is 30.5 Å². The van der Waals surface area contributed by atoms with Crippen LogP contribution in [0.4, 0.5) is 4.39 Å². The largest absolute Gasteiger partial charge is 0.319 e. The second-order valence-electron chi connectivity index (χ2n) is 3.99. The SMILES string of the molecule is NC1(C(=O)Cc2ccc(Cl)cc2F)CC1. The standard InChI is InChI=1S/C11H11ClFNO/c12-8-2-1-7(9(13)6-8)5-10(15)11(14)3-4-11/h1-2,6H,3-5,14H2. The van der Waals surface area contributed by atoms with Gasteiger partial charge in [-0.1, -0.05) is 17.7 Å². The fourth-order valence-electron chi connectivity index (χ4n) is 1.43. The van der Waals surface area contributed by atoms with Gasteiger partial charge in [0.05, 0.1) is 5.54 Å². The molecule has 2 nitrogen and oxygen atoms in total. The molecule has 1 fully saturated rings.